The molecule has 138 valence electrons. The van der Waals surface area contributed by atoms with Crippen LogP contribution in [0.25, 0.3) is 11.0 Å². The van der Waals surface area contributed by atoms with Crippen LogP contribution in [-0.2, 0) is 4.74 Å². The number of halogens is 1. The predicted octanol–water partition coefficient (Wildman–Crippen LogP) is 3.43. The fourth-order valence-corrected chi connectivity index (χ4v) is 3.55. The first kappa shape index (κ1) is 17.4. The summed E-state index contributed by atoms with van der Waals surface area (Å²) in [4.78, 5) is 27.8. The lowest BCUT2D eigenvalue weighted by atomic mass is 9.98. The van der Waals surface area contributed by atoms with Gasteiger partial charge in [-0.3, -0.25) is 9.59 Å². The summed E-state index contributed by atoms with van der Waals surface area (Å²) < 4.78 is 24.3. The highest BCUT2D eigenvalue weighted by atomic mass is 19.1. The van der Waals surface area contributed by atoms with Gasteiger partial charge in [0.25, 0.3) is 5.91 Å². The van der Waals surface area contributed by atoms with Gasteiger partial charge in [-0.25, -0.2) is 4.39 Å². The maximum absolute atomic E-state index is 13.4. The molecule has 1 aliphatic rings. The van der Waals surface area contributed by atoms with Crippen molar-refractivity contribution >= 4 is 16.9 Å². The van der Waals surface area contributed by atoms with E-state index in [1.165, 1.54) is 17.0 Å². The summed E-state index contributed by atoms with van der Waals surface area (Å²) in [5.74, 6) is -0.703. The summed E-state index contributed by atoms with van der Waals surface area (Å²) in [5, 5.41) is 0.433. The van der Waals surface area contributed by atoms with Crippen LogP contribution in [0.5, 0.6) is 0 Å². The third-order valence-corrected chi connectivity index (χ3v) is 4.84. The number of nitrogens with zero attached hydrogens (tertiary/aromatic N) is 1. The normalized spacial score (nSPS) is 16.2. The van der Waals surface area contributed by atoms with Crippen LogP contribution in [0.15, 0.2) is 51.7 Å². The number of aryl methyl sites for hydroxylation is 1. The highest BCUT2D eigenvalue weighted by molar-refractivity contribution is 5.99. The predicted molar refractivity (Wildman–Crippen MR) is 98.4 cm³/mol. The number of carbonyl (C=O) groups is 1. The SMILES string of the molecule is COCCN1C(=O)c2oc3ccc(C)cc3c(=O)c2[C@H]1c1ccc(F)cc1. The van der Waals surface area contributed by atoms with Gasteiger partial charge in [-0.15, -0.1) is 0 Å². The molecule has 0 N–H and O–H groups in total. The van der Waals surface area contributed by atoms with Crippen LogP contribution >= 0.6 is 0 Å². The average Bonchev–Trinajstić information content (AvgIpc) is 2.94. The van der Waals surface area contributed by atoms with Crippen molar-refractivity contribution in [3.63, 3.8) is 0 Å². The van der Waals surface area contributed by atoms with Gasteiger partial charge in [0, 0.05) is 13.7 Å². The van der Waals surface area contributed by atoms with E-state index in [9.17, 15) is 14.0 Å². The molecule has 4 rings (SSSR count). The fraction of sp³-hybridized carbons (Fsp3) is 0.238. The van der Waals surface area contributed by atoms with Crippen molar-refractivity contribution < 1.29 is 18.3 Å². The molecule has 0 fully saturated rings. The molecule has 27 heavy (non-hydrogen) atoms. The first-order valence-electron chi connectivity index (χ1n) is 8.64. The summed E-state index contributed by atoms with van der Waals surface area (Å²) >= 11 is 0. The molecule has 1 aliphatic heterocycles. The molecule has 3 aromatic rings. The van der Waals surface area contributed by atoms with E-state index in [0.717, 1.165) is 5.56 Å². The Hall–Kier alpha value is -2.99. The Bertz CT molecular complexity index is 1090. The molecule has 0 saturated heterocycles. The van der Waals surface area contributed by atoms with Gasteiger partial charge in [0.1, 0.15) is 11.4 Å². The molecule has 0 unspecified atom stereocenters. The molecule has 6 heteroatoms. The lowest BCUT2D eigenvalue weighted by molar-refractivity contribution is 0.0663. The van der Waals surface area contributed by atoms with Gasteiger partial charge in [0.05, 0.1) is 23.6 Å². The Balaban J connectivity index is 1.97. The van der Waals surface area contributed by atoms with Gasteiger partial charge in [-0.2, -0.15) is 0 Å². The van der Waals surface area contributed by atoms with Crippen LogP contribution < -0.4 is 5.43 Å². The molecule has 5 nitrogen and oxygen atoms in total. The van der Waals surface area contributed by atoms with Gasteiger partial charge < -0.3 is 14.1 Å². The Labute approximate surface area is 155 Å². The number of rotatable bonds is 4. The smallest absolute Gasteiger partial charge is 0.290 e. The molecule has 0 aliphatic carbocycles. The highest BCUT2D eigenvalue weighted by Crippen LogP contribution is 2.38. The Morgan fingerprint density at radius 1 is 1.15 bits per heavy atom. The van der Waals surface area contributed by atoms with Crippen molar-refractivity contribution in [3.05, 3.63) is 81.0 Å². The van der Waals surface area contributed by atoms with Crippen LogP contribution in [0.2, 0.25) is 0 Å². The van der Waals surface area contributed by atoms with Crippen LogP contribution in [-0.4, -0.2) is 31.1 Å². The van der Waals surface area contributed by atoms with Crippen molar-refractivity contribution in [2.75, 3.05) is 20.3 Å². The topological polar surface area (TPSA) is 59.8 Å². The number of hydrogen-bond acceptors (Lipinski definition) is 4. The first-order valence-corrected chi connectivity index (χ1v) is 8.64. The van der Waals surface area contributed by atoms with Crippen molar-refractivity contribution in [1.82, 2.24) is 4.90 Å². The van der Waals surface area contributed by atoms with E-state index in [0.29, 0.717) is 28.7 Å². The zero-order chi connectivity index (χ0) is 19.1. The van der Waals surface area contributed by atoms with Gasteiger partial charge >= 0.3 is 0 Å². The van der Waals surface area contributed by atoms with Crippen LogP contribution in [0, 0.1) is 12.7 Å². The van der Waals surface area contributed by atoms with E-state index in [1.807, 2.05) is 13.0 Å². The largest absolute Gasteiger partial charge is 0.450 e. The van der Waals surface area contributed by atoms with Crippen LogP contribution in [0.4, 0.5) is 4.39 Å². The molecule has 1 amide bonds. The van der Waals surface area contributed by atoms with Gasteiger partial charge in [0.2, 0.25) is 5.76 Å². The minimum atomic E-state index is -0.635. The van der Waals surface area contributed by atoms with Crippen molar-refractivity contribution in [2.24, 2.45) is 0 Å². The molecular formula is C21H18FNO4. The van der Waals surface area contributed by atoms with E-state index in [2.05, 4.69) is 0 Å². The lowest BCUT2D eigenvalue weighted by Crippen LogP contribution is -2.32. The Kier molecular flexibility index (Phi) is 4.28. The van der Waals surface area contributed by atoms with Crippen LogP contribution in [0.1, 0.15) is 33.3 Å². The number of ether oxygens (including phenoxy) is 1. The second-order valence-corrected chi connectivity index (χ2v) is 6.62. The molecule has 1 atom stereocenters. The molecule has 0 bridgehead atoms. The lowest BCUT2D eigenvalue weighted by Gasteiger charge is -2.24. The van der Waals surface area contributed by atoms with Gasteiger partial charge in [-0.05, 0) is 36.8 Å². The monoisotopic (exact) mass is 367 g/mol. The second kappa shape index (κ2) is 6.63. The van der Waals surface area contributed by atoms with Crippen LogP contribution in [0.3, 0.4) is 0 Å². The standard InChI is InChI=1S/C21H18FNO4/c1-12-3-8-16-15(11-12)19(24)17-18(13-4-6-14(22)7-5-13)23(9-10-26-2)21(25)20(17)27-16/h3-8,11,18H,9-10H2,1-2H3/t18-/m1/s1. The molecule has 2 aromatic carbocycles. The minimum Gasteiger partial charge on any atom is -0.450 e. The third kappa shape index (κ3) is 2.82. The average molecular weight is 367 g/mol. The maximum atomic E-state index is 13.4. The van der Waals surface area contributed by atoms with E-state index < -0.39 is 6.04 Å². The Morgan fingerprint density at radius 2 is 1.89 bits per heavy atom. The molecular weight excluding hydrogens is 349 g/mol. The maximum Gasteiger partial charge on any atom is 0.290 e. The number of hydrogen-bond donors (Lipinski definition) is 0. The zero-order valence-electron chi connectivity index (χ0n) is 15.0. The van der Waals surface area contributed by atoms with Crippen molar-refractivity contribution in [2.45, 2.75) is 13.0 Å². The van der Waals surface area contributed by atoms with E-state index in [-0.39, 0.29) is 29.5 Å². The molecule has 0 spiro atoms. The summed E-state index contributed by atoms with van der Waals surface area (Å²) in [6, 6.07) is 10.5. The van der Waals surface area contributed by atoms with Gasteiger partial charge in [-0.1, -0.05) is 23.8 Å². The molecule has 0 radical (unpaired) electrons. The number of methoxy groups -OCH3 is 1. The summed E-state index contributed by atoms with van der Waals surface area (Å²) in [6.45, 7) is 2.49. The quantitative estimate of drug-likeness (QED) is 0.709. The molecule has 1 aromatic heterocycles. The zero-order valence-corrected chi connectivity index (χ0v) is 15.0. The number of benzene rings is 2. The molecule has 2 heterocycles. The summed E-state index contributed by atoms with van der Waals surface area (Å²) in [6.07, 6.45) is 0. The summed E-state index contributed by atoms with van der Waals surface area (Å²) in [7, 11) is 1.54. The Morgan fingerprint density at radius 3 is 2.59 bits per heavy atom. The van der Waals surface area contributed by atoms with Crippen molar-refractivity contribution in [1.29, 1.82) is 0 Å². The highest BCUT2D eigenvalue weighted by Gasteiger charge is 2.42. The first-order chi connectivity index (χ1) is 13.0. The summed E-state index contributed by atoms with van der Waals surface area (Å²) in [5.41, 5.74) is 2.01. The number of amides is 1. The van der Waals surface area contributed by atoms with Gasteiger partial charge in [0.15, 0.2) is 5.43 Å². The number of carbonyl (C=O) groups excluding carboxylic acids is 1. The minimum absolute atomic E-state index is 0.0433. The van der Waals surface area contributed by atoms with Crippen molar-refractivity contribution in [3.8, 4) is 0 Å². The fourth-order valence-electron chi connectivity index (χ4n) is 3.55. The van der Waals surface area contributed by atoms with E-state index >= 15 is 0 Å². The van der Waals surface area contributed by atoms with E-state index in [1.54, 1.807) is 31.4 Å². The second-order valence-electron chi connectivity index (χ2n) is 6.62. The molecule has 0 saturated carbocycles. The number of fused-ring (bicyclic) bond motifs is 2. The third-order valence-electron chi connectivity index (χ3n) is 4.84. The van der Waals surface area contributed by atoms with E-state index in [4.69, 9.17) is 9.15 Å².